The van der Waals surface area contributed by atoms with E-state index in [1.807, 2.05) is 47.8 Å². The van der Waals surface area contributed by atoms with Crippen LogP contribution in [-0.4, -0.2) is 11.2 Å². The Morgan fingerprint density at radius 1 is 1.18 bits per heavy atom. The third kappa shape index (κ3) is 3.17. The van der Waals surface area contributed by atoms with E-state index >= 15 is 0 Å². The van der Waals surface area contributed by atoms with E-state index in [0.717, 1.165) is 5.69 Å². The van der Waals surface area contributed by atoms with Crippen LogP contribution in [0.15, 0.2) is 47.8 Å². The van der Waals surface area contributed by atoms with E-state index in [0.29, 0.717) is 11.9 Å². The number of carbonyl (C=O) groups excluding carboxylic acids is 1. The average molecular weight is 310 g/mol. The first-order chi connectivity index (χ1) is 8.31. The molecule has 0 aliphatic heterocycles. The molecule has 2 nitrogen and oxygen atoms in total. The summed E-state index contributed by atoms with van der Waals surface area (Å²) >= 11 is 4.89. The maximum absolute atomic E-state index is 11.9. The monoisotopic (exact) mass is 309 g/mol. The van der Waals surface area contributed by atoms with Crippen molar-refractivity contribution < 1.29 is 4.79 Å². The summed E-state index contributed by atoms with van der Waals surface area (Å²) in [5.41, 5.74) is 0.936. The highest BCUT2D eigenvalue weighted by molar-refractivity contribution is 9.09. The van der Waals surface area contributed by atoms with E-state index in [1.54, 1.807) is 16.2 Å². The molecule has 0 spiro atoms. The van der Waals surface area contributed by atoms with Gasteiger partial charge in [-0.3, -0.25) is 4.79 Å². The van der Waals surface area contributed by atoms with Crippen molar-refractivity contribution in [2.75, 3.05) is 10.2 Å². The number of alkyl halides is 1. The Balaban J connectivity index is 2.23. The smallest absolute Gasteiger partial charge is 0.237 e. The van der Waals surface area contributed by atoms with Crippen molar-refractivity contribution in [3.63, 3.8) is 0 Å². The van der Waals surface area contributed by atoms with E-state index in [9.17, 15) is 4.79 Å². The lowest BCUT2D eigenvalue weighted by Gasteiger charge is -2.21. The third-order valence-electron chi connectivity index (χ3n) is 2.38. The van der Waals surface area contributed by atoms with Gasteiger partial charge in [-0.15, -0.1) is 11.3 Å². The zero-order valence-corrected chi connectivity index (χ0v) is 11.6. The number of carbonyl (C=O) groups is 1. The number of nitrogens with zero attached hydrogens (tertiary/aromatic N) is 1. The van der Waals surface area contributed by atoms with Crippen LogP contribution in [0.4, 0.5) is 5.69 Å². The molecule has 2 rings (SSSR count). The molecule has 17 heavy (non-hydrogen) atoms. The van der Waals surface area contributed by atoms with Crippen molar-refractivity contribution in [3.05, 3.63) is 52.7 Å². The first-order valence-electron chi connectivity index (χ1n) is 5.25. The fraction of sp³-hybridized carbons (Fsp3) is 0.154. The number of benzene rings is 1. The summed E-state index contributed by atoms with van der Waals surface area (Å²) in [6, 6.07) is 13.8. The molecule has 1 aromatic carbocycles. The van der Waals surface area contributed by atoms with Crippen LogP contribution in [0, 0.1) is 0 Å². The lowest BCUT2D eigenvalue weighted by atomic mass is 10.2. The molecular weight excluding hydrogens is 298 g/mol. The van der Waals surface area contributed by atoms with Crippen molar-refractivity contribution in [1.82, 2.24) is 0 Å². The quantitative estimate of drug-likeness (QED) is 0.789. The minimum absolute atomic E-state index is 0.0737. The molecule has 0 radical (unpaired) electrons. The fourth-order valence-corrected chi connectivity index (χ4v) is 2.56. The number of hydrogen-bond acceptors (Lipinski definition) is 2. The molecule has 0 bridgehead atoms. The number of amides is 1. The number of para-hydroxylation sites is 1. The molecule has 0 atom stereocenters. The van der Waals surface area contributed by atoms with E-state index in [1.165, 1.54) is 4.88 Å². The van der Waals surface area contributed by atoms with Gasteiger partial charge in [0.1, 0.15) is 0 Å². The standard InChI is InChI=1S/C13H12BrNOS/c14-9-13(16)15(10-12-7-4-8-17-12)11-5-2-1-3-6-11/h1-8H,9-10H2. The minimum Gasteiger partial charge on any atom is -0.306 e. The van der Waals surface area contributed by atoms with Crippen LogP contribution in [0.2, 0.25) is 0 Å². The number of halogens is 1. The predicted molar refractivity (Wildman–Crippen MR) is 75.7 cm³/mol. The van der Waals surface area contributed by atoms with Crippen LogP contribution in [0.3, 0.4) is 0 Å². The van der Waals surface area contributed by atoms with Crippen molar-refractivity contribution in [2.45, 2.75) is 6.54 Å². The van der Waals surface area contributed by atoms with Crippen LogP contribution < -0.4 is 4.90 Å². The number of anilines is 1. The Bertz CT molecular complexity index is 469. The highest BCUT2D eigenvalue weighted by Crippen LogP contribution is 2.19. The lowest BCUT2D eigenvalue weighted by Crippen LogP contribution is -2.30. The van der Waals surface area contributed by atoms with E-state index in [2.05, 4.69) is 15.9 Å². The van der Waals surface area contributed by atoms with Gasteiger partial charge < -0.3 is 4.90 Å². The van der Waals surface area contributed by atoms with Crippen molar-refractivity contribution >= 4 is 38.9 Å². The highest BCUT2D eigenvalue weighted by atomic mass is 79.9. The summed E-state index contributed by atoms with van der Waals surface area (Å²) < 4.78 is 0. The number of rotatable bonds is 4. The van der Waals surface area contributed by atoms with Gasteiger partial charge in [0.05, 0.1) is 11.9 Å². The maximum Gasteiger partial charge on any atom is 0.237 e. The van der Waals surface area contributed by atoms with Gasteiger partial charge in [-0.1, -0.05) is 40.2 Å². The van der Waals surface area contributed by atoms with Gasteiger partial charge in [0, 0.05) is 10.6 Å². The SMILES string of the molecule is O=C(CBr)N(Cc1cccs1)c1ccccc1. The predicted octanol–water partition coefficient (Wildman–Crippen LogP) is 3.68. The van der Waals surface area contributed by atoms with Crippen molar-refractivity contribution in [2.24, 2.45) is 0 Å². The Labute approximate surface area is 113 Å². The van der Waals surface area contributed by atoms with Gasteiger partial charge in [-0.05, 0) is 23.6 Å². The van der Waals surface area contributed by atoms with Crippen LogP contribution in [0.5, 0.6) is 0 Å². The van der Waals surface area contributed by atoms with Gasteiger partial charge in [-0.25, -0.2) is 0 Å². The van der Waals surface area contributed by atoms with Crippen LogP contribution in [0.1, 0.15) is 4.88 Å². The summed E-state index contributed by atoms with van der Waals surface area (Å²) in [7, 11) is 0. The number of thiophene rings is 1. The van der Waals surface area contributed by atoms with Gasteiger partial charge in [0.25, 0.3) is 0 Å². The summed E-state index contributed by atoms with van der Waals surface area (Å²) in [4.78, 5) is 14.9. The largest absolute Gasteiger partial charge is 0.306 e. The Morgan fingerprint density at radius 3 is 2.53 bits per heavy atom. The molecule has 0 aliphatic carbocycles. The normalized spacial score (nSPS) is 10.2. The van der Waals surface area contributed by atoms with Gasteiger partial charge in [0.2, 0.25) is 5.91 Å². The van der Waals surface area contributed by atoms with Crippen LogP contribution in [-0.2, 0) is 11.3 Å². The van der Waals surface area contributed by atoms with Gasteiger partial charge in [0.15, 0.2) is 0 Å². The van der Waals surface area contributed by atoms with E-state index in [4.69, 9.17) is 0 Å². The molecule has 1 aromatic heterocycles. The van der Waals surface area contributed by atoms with E-state index < -0.39 is 0 Å². The van der Waals surface area contributed by atoms with Crippen LogP contribution >= 0.6 is 27.3 Å². The fourth-order valence-electron chi connectivity index (χ4n) is 1.56. The number of hydrogen-bond donors (Lipinski definition) is 0. The first kappa shape index (κ1) is 12.3. The molecule has 0 N–H and O–H groups in total. The zero-order valence-electron chi connectivity index (χ0n) is 9.17. The molecule has 2 aromatic rings. The van der Waals surface area contributed by atoms with Crippen molar-refractivity contribution in [1.29, 1.82) is 0 Å². The molecule has 0 unspecified atom stereocenters. The summed E-state index contributed by atoms with van der Waals surface area (Å²) in [5, 5.41) is 2.37. The second kappa shape index (κ2) is 5.98. The Kier molecular flexibility index (Phi) is 4.34. The first-order valence-corrected chi connectivity index (χ1v) is 7.25. The second-order valence-electron chi connectivity index (χ2n) is 3.53. The second-order valence-corrected chi connectivity index (χ2v) is 5.12. The van der Waals surface area contributed by atoms with Crippen molar-refractivity contribution in [3.8, 4) is 0 Å². The summed E-state index contributed by atoms with van der Waals surface area (Å²) in [5.74, 6) is 0.0737. The molecular formula is C13H12BrNOS. The van der Waals surface area contributed by atoms with Gasteiger partial charge in [-0.2, -0.15) is 0 Å². The Hall–Kier alpha value is -1.13. The lowest BCUT2D eigenvalue weighted by molar-refractivity contribution is -0.116. The molecule has 1 amide bonds. The molecule has 0 saturated carbocycles. The molecule has 88 valence electrons. The molecule has 0 saturated heterocycles. The topological polar surface area (TPSA) is 20.3 Å². The summed E-state index contributed by atoms with van der Waals surface area (Å²) in [6.07, 6.45) is 0. The highest BCUT2D eigenvalue weighted by Gasteiger charge is 2.14. The maximum atomic E-state index is 11.9. The van der Waals surface area contributed by atoms with Gasteiger partial charge >= 0.3 is 0 Å². The van der Waals surface area contributed by atoms with Crippen LogP contribution in [0.25, 0.3) is 0 Å². The molecule has 0 fully saturated rings. The Morgan fingerprint density at radius 2 is 1.94 bits per heavy atom. The van der Waals surface area contributed by atoms with E-state index in [-0.39, 0.29) is 5.91 Å². The zero-order chi connectivity index (χ0) is 12.1. The average Bonchev–Trinajstić information content (AvgIpc) is 2.89. The minimum atomic E-state index is 0.0737. The third-order valence-corrected chi connectivity index (χ3v) is 3.72. The molecule has 4 heteroatoms. The summed E-state index contributed by atoms with van der Waals surface area (Å²) in [6.45, 7) is 0.631. The molecule has 1 heterocycles. The molecule has 0 aliphatic rings.